The average Bonchev–Trinajstić information content (AvgIpc) is 3.17. The van der Waals surface area contributed by atoms with Gasteiger partial charge in [-0.15, -0.1) is 0 Å². The lowest BCUT2D eigenvalue weighted by atomic mass is 9.97. The van der Waals surface area contributed by atoms with Gasteiger partial charge in [-0.1, -0.05) is 41.6 Å². The SMILES string of the molecule is Cc1ccccc1C(=O)Nc1onc(-c2cccnc2)c1-c1ccccc1C(=O)O. The Morgan fingerprint density at radius 1 is 0.967 bits per heavy atom. The van der Waals surface area contributed by atoms with E-state index in [2.05, 4.69) is 15.5 Å². The Bertz CT molecular complexity index is 1230. The predicted octanol–water partition coefficient (Wildman–Crippen LogP) is 4.66. The van der Waals surface area contributed by atoms with E-state index in [0.717, 1.165) is 5.56 Å². The maximum Gasteiger partial charge on any atom is 0.336 e. The highest BCUT2D eigenvalue weighted by atomic mass is 16.5. The topological polar surface area (TPSA) is 105 Å². The van der Waals surface area contributed by atoms with Crippen molar-refractivity contribution in [3.05, 3.63) is 89.7 Å². The molecule has 148 valence electrons. The van der Waals surface area contributed by atoms with Crippen LogP contribution in [0.4, 0.5) is 5.88 Å². The Kier molecular flexibility index (Phi) is 5.09. The number of hydrogen-bond donors (Lipinski definition) is 2. The summed E-state index contributed by atoms with van der Waals surface area (Å²) in [7, 11) is 0. The highest BCUT2D eigenvalue weighted by Crippen LogP contribution is 2.39. The van der Waals surface area contributed by atoms with E-state index in [-0.39, 0.29) is 17.4 Å². The maximum atomic E-state index is 12.9. The molecule has 2 aromatic carbocycles. The number of anilines is 1. The van der Waals surface area contributed by atoms with Gasteiger partial charge in [0.05, 0.1) is 11.1 Å². The molecule has 0 unspecified atom stereocenters. The summed E-state index contributed by atoms with van der Waals surface area (Å²) in [4.78, 5) is 28.8. The molecule has 4 aromatic rings. The Morgan fingerprint density at radius 3 is 2.40 bits per heavy atom. The number of hydrogen-bond acceptors (Lipinski definition) is 5. The predicted molar refractivity (Wildman–Crippen MR) is 111 cm³/mol. The molecular formula is C23H17N3O4. The van der Waals surface area contributed by atoms with Crippen LogP contribution < -0.4 is 5.32 Å². The number of aromatic nitrogens is 2. The van der Waals surface area contributed by atoms with Gasteiger partial charge in [0.25, 0.3) is 5.91 Å². The smallest absolute Gasteiger partial charge is 0.336 e. The Hall–Kier alpha value is -4.26. The van der Waals surface area contributed by atoms with Crippen molar-refractivity contribution in [3.8, 4) is 22.4 Å². The molecular weight excluding hydrogens is 382 g/mol. The fourth-order valence-electron chi connectivity index (χ4n) is 3.21. The number of benzene rings is 2. The number of carboxylic acids is 1. The minimum Gasteiger partial charge on any atom is -0.478 e. The van der Waals surface area contributed by atoms with Crippen molar-refractivity contribution in [2.75, 3.05) is 5.32 Å². The zero-order valence-electron chi connectivity index (χ0n) is 16.0. The molecule has 7 nitrogen and oxygen atoms in total. The first-order valence-corrected chi connectivity index (χ1v) is 9.16. The summed E-state index contributed by atoms with van der Waals surface area (Å²) in [6.45, 7) is 1.83. The third kappa shape index (κ3) is 3.56. The molecule has 2 aromatic heterocycles. The summed E-state index contributed by atoms with van der Waals surface area (Å²) in [6.07, 6.45) is 3.22. The van der Waals surface area contributed by atoms with Crippen LogP contribution >= 0.6 is 0 Å². The minimum atomic E-state index is -1.10. The van der Waals surface area contributed by atoms with Crippen molar-refractivity contribution in [3.63, 3.8) is 0 Å². The van der Waals surface area contributed by atoms with E-state index in [1.165, 1.54) is 6.07 Å². The highest BCUT2D eigenvalue weighted by molar-refractivity contribution is 6.08. The van der Waals surface area contributed by atoms with Gasteiger partial charge in [-0.2, -0.15) is 0 Å². The molecule has 7 heteroatoms. The molecule has 0 saturated heterocycles. The number of carboxylic acid groups (broad SMARTS) is 1. The summed E-state index contributed by atoms with van der Waals surface area (Å²) in [5, 5.41) is 16.5. The van der Waals surface area contributed by atoms with E-state index >= 15 is 0 Å². The van der Waals surface area contributed by atoms with Crippen LogP contribution in [0, 0.1) is 6.92 Å². The monoisotopic (exact) mass is 399 g/mol. The number of pyridine rings is 1. The van der Waals surface area contributed by atoms with Gasteiger partial charge in [0.1, 0.15) is 5.69 Å². The van der Waals surface area contributed by atoms with Gasteiger partial charge in [-0.25, -0.2) is 4.79 Å². The summed E-state index contributed by atoms with van der Waals surface area (Å²) in [6, 6.07) is 17.2. The molecule has 0 aliphatic heterocycles. The third-order valence-electron chi connectivity index (χ3n) is 4.67. The number of nitrogens with zero attached hydrogens (tertiary/aromatic N) is 2. The van der Waals surface area contributed by atoms with Gasteiger partial charge in [0, 0.05) is 29.1 Å². The van der Waals surface area contributed by atoms with E-state index in [1.807, 2.05) is 19.1 Å². The van der Waals surface area contributed by atoms with Crippen LogP contribution in [0.2, 0.25) is 0 Å². The summed E-state index contributed by atoms with van der Waals surface area (Å²) < 4.78 is 5.47. The summed E-state index contributed by atoms with van der Waals surface area (Å²) >= 11 is 0. The number of carbonyl (C=O) groups excluding carboxylic acids is 1. The van der Waals surface area contributed by atoms with Crippen LogP contribution in [0.1, 0.15) is 26.3 Å². The quantitative estimate of drug-likeness (QED) is 0.505. The van der Waals surface area contributed by atoms with E-state index in [9.17, 15) is 14.7 Å². The number of aryl methyl sites for hydroxylation is 1. The van der Waals surface area contributed by atoms with Gasteiger partial charge >= 0.3 is 5.97 Å². The second-order valence-electron chi connectivity index (χ2n) is 6.60. The van der Waals surface area contributed by atoms with Gasteiger partial charge in [0.2, 0.25) is 5.88 Å². The van der Waals surface area contributed by atoms with Crippen LogP contribution in [-0.4, -0.2) is 27.1 Å². The van der Waals surface area contributed by atoms with Gasteiger partial charge in [-0.3, -0.25) is 15.1 Å². The first-order chi connectivity index (χ1) is 14.6. The molecule has 0 spiro atoms. The van der Waals surface area contributed by atoms with Crippen LogP contribution in [0.15, 0.2) is 77.6 Å². The number of aromatic carboxylic acids is 1. The Labute approximate surface area is 172 Å². The van der Waals surface area contributed by atoms with Gasteiger partial charge in [0.15, 0.2) is 0 Å². The highest BCUT2D eigenvalue weighted by Gasteiger charge is 2.25. The molecule has 1 amide bonds. The summed E-state index contributed by atoms with van der Waals surface area (Å²) in [5.74, 6) is -1.41. The molecule has 0 radical (unpaired) electrons. The lowest BCUT2D eigenvalue weighted by Crippen LogP contribution is -2.13. The van der Waals surface area contributed by atoms with E-state index in [1.54, 1.807) is 54.9 Å². The first-order valence-electron chi connectivity index (χ1n) is 9.16. The van der Waals surface area contributed by atoms with Gasteiger partial charge in [-0.05, 0) is 36.8 Å². The van der Waals surface area contributed by atoms with Crippen molar-refractivity contribution in [1.82, 2.24) is 10.1 Å². The molecule has 0 aliphatic carbocycles. The molecule has 0 saturated carbocycles. The molecule has 2 heterocycles. The lowest BCUT2D eigenvalue weighted by molar-refractivity contribution is 0.0697. The normalized spacial score (nSPS) is 10.6. The molecule has 0 atom stereocenters. The van der Waals surface area contributed by atoms with E-state index in [0.29, 0.717) is 27.9 Å². The van der Waals surface area contributed by atoms with E-state index < -0.39 is 5.97 Å². The zero-order chi connectivity index (χ0) is 21.1. The average molecular weight is 399 g/mol. The molecule has 0 aliphatic rings. The molecule has 2 N–H and O–H groups in total. The van der Waals surface area contributed by atoms with Crippen molar-refractivity contribution >= 4 is 17.8 Å². The minimum absolute atomic E-state index is 0.0656. The fraction of sp³-hybridized carbons (Fsp3) is 0.0435. The largest absolute Gasteiger partial charge is 0.478 e. The Balaban J connectivity index is 1.87. The molecule has 4 rings (SSSR count). The van der Waals surface area contributed by atoms with Crippen LogP contribution in [-0.2, 0) is 0 Å². The van der Waals surface area contributed by atoms with Crippen LogP contribution in [0.3, 0.4) is 0 Å². The van der Waals surface area contributed by atoms with Crippen molar-refractivity contribution in [2.24, 2.45) is 0 Å². The van der Waals surface area contributed by atoms with Crippen molar-refractivity contribution < 1.29 is 19.2 Å². The zero-order valence-corrected chi connectivity index (χ0v) is 16.0. The third-order valence-corrected chi connectivity index (χ3v) is 4.67. The first kappa shape index (κ1) is 19.1. The number of nitrogens with one attached hydrogen (secondary N) is 1. The standard InChI is InChI=1S/C23H17N3O4/c1-14-7-2-3-9-16(14)21(27)25-22-19(17-10-4-5-11-18(17)23(28)29)20(26-30-22)15-8-6-12-24-13-15/h2-13H,1H3,(H,25,27)(H,28,29). The van der Waals surface area contributed by atoms with Crippen molar-refractivity contribution in [1.29, 1.82) is 0 Å². The fourth-order valence-corrected chi connectivity index (χ4v) is 3.21. The number of rotatable bonds is 5. The number of amides is 1. The number of carbonyl (C=O) groups is 2. The lowest BCUT2D eigenvalue weighted by Gasteiger charge is -2.10. The molecule has 30 heavy (non-hydrogen) atoms. The summed E-state index contributed by atoms with van der Waals surface area (Å²) in [5.41, 5.74) is 3.12. The van der Waals surface area contributed by atoms with Crippen LogP contribution in [0.25, 0.3) is 22.4 Å². The second-order valence-corrected chi connectivity index (χ2v) is 6.60. The second kappa shape index (κ2) is 8.00. The van der Waals surface area contributed by atoms with E-state index in [4.69, 9.17) is 4.52 Å². The molecule has 0 fully saturated rings. The maximum absolute atomic E-state index is 12.9. The Morgan fingerprint density at radius 2 is 1.70 bits per heavy atom. The molecule has 0 bridgehead atoms. The van der Waals surface area contributed by atoms with Crippen molar-refractivity contribution in [2.45, 2.75) is 6.92 Å². The van der Waals surface area contributed by atoms with Crippen LogP contribution in [0.5, 0.6) is 0 Å². The van der Waals surface area contributed by atoms with Gasteiger partial charge < -0.3 is 9.63 Å².